The zero-order valence-electron chi connectivity index (χ0n) is 7.40. The highest BCUT2D eigenvalue weighted by molar-refractivity contribution is 6.62. The van der Waals surface area contributed by atoms with Gasteiger partial charge < -0.3 is 14.8 Å². The second-order valence-corrected chi connectivity index (χ2v) is 3.21. The first-order valence-electron chi connectivity index (χ1n) is 4.30. The van der Waals surface area contributed by atoms with Gasteiger partial charge in [0.15, 0.2) is 0 Å². The first-order valence-corrected chi connectivity index (χ1v) is 4.30. The summed E-state index contributed by atoms with van der Waals surface area (Å²) in [4.78, 5) is 0. The Bertz CT molecular complexity index is 327. The van der Waals surface area contributed by atoms with E-state index in [-0.39, 0.29) is 12.7 Å². The minimum atomic E-state index is -0.881. The Hall–Kier alpha value is -0.835. The van der Waals surface area contributed by atoms with E-state index < -0.39 is 7.12 Å². The lowest BCUT2D eigenvalue weighted by molar-refractivity contribution is 0.209. The average molecular weight is 178 g/mol. The maximum absolute atomic E-state index is 9.53. The van der Waals surface area contributed by atoms with Crippen molar-refractivity contribution in [1.29, 1.82) is 0 Å². The Labute approximate surface area is 77.1 Å². The number of aliphatic hydroxyl groups excluding tert-OH is 1. The molecule has 2 rings (SSSR count). The Morgan fingerprint density at radius 1 is 1.54 bits per heavy atom. The van der Waals surface area contributed by atoms with Crippen molar-refractivity contribution in [2.75, 3.05) is 0 Å². The van der Waals surface area contributed by atoms with Crippen LogP contribution in [0.5, 0.6) is 0 Å². The fourth-order valence-corrected chi connectivity index (χ4v) is 1.76. The van der Waals surface area contributed by atoms with Gasteiger partial charge in [0.05, 0.1) is 12.7 Å². The fraction of sp³-hybridized carbons (Fsp3) is 0.333. The summed E-state index contributed by atoms with van der Waals surface area (Å²) in [5, 5.41) is 18.6. The average Bonchev–Trinajstić information content (AvgIpc) is 2.43. The van der Waals surface area contributed by atoms with Crippen LogP contribution in [0, 0.1) is 0 Å². The van der Waals surface area contributed by atoms with E-state index in [1.54, 1.807) is 6.07 Å². The van der Waals surface area contributed by atoms with Crippen molar-refractivity contribution in [2.45, 2.75) is 19.6 Å². The smallest absolute Gasteiger partial charge is 0.423 e. The van der Waals surface area contributed by atoms with E-state index in [2.05, 4.69) is 0 Å². The summed E-state index contributed by atoms with van der Waals surface area (Å²) in [5.74, 6) is 0. The van der Waals surface area contributed by atoms with Crippen LogP contribution in [-0.4, -0.2) is 17.2 Å². The molecule has 0 radical (unpaired) electrons. The molecule has 1 aromatic rings. The van der Waals surface area contributed by atoms with E-state index in [1.165, 1.54) is 0 Å². The van der Waals surface area contributed by atoms with Crippen molar-refractivity contribution in [3.05, 3.63) is 29.3 Å². The molecule has 13 heavy (non-hydrogen) atoms. The molecule has 1 aliphatic rings. The van der Waals surface area contributed by atoms with Gasteiger partial charge in [-0.05, 0) is 23.5 Å². The molecular weight excluding hydrogens is 167 g/mol. The quantitative estimate of drug-likeness (QED) is 0.593. The lowest BCUT2D eigenvalue weighted by Crippen LogP contribution is -2.31. The molecule has 0 bridgehead atoms. The van der Waals surface area contributed by atoms with Crippen molar-refractivity contribution < 1.29 is 14.8 Å². The van der Waals surface area contributed by atoms with Gasteiger partial charge in [-0.1, -0.05) is 18.2 Å². The monoisotopic (exact) mass is 178 g/mol. The van der Waals surface area contributed by atoms with Gasteiger partial charge in [0.1, 0.15) is 0 Å². The molecule has 0 amide bonds. The maximum atomic E-state index is 9.53. The molecule has 1 heterocycles. The van der Waals surface area contributed by atoms with Crippen LogP contribution in [0.3, 0.4) is 0 Å². The SMILES string of the molecule is CC1OB(O)c2c(CO)cccc21. The molecular formula is C9H11BO3. The van der Waals surface area contributed by atoms with Crippen LogP contribution >= 0.6 is 0 Å². The van der Waals surface area contributed by atoms with E-state index in [4.69, 9.17) is 9.76 Å². The summed E-state index contributed by atoms with van der Waals surface area (Å²) in [7, 11) is -0.881. The van der Waals surface area contributed by atoms with Gasteiger partial charge in [0.25, 0.3) is 0 Å². The highest BCUT2D eigenvalue weighted by Gasteiger charge is 2.34. The van der Waals surface area contributed by atoms with Crippen LogP contribution in [0.25, 0.3) is 0 Å². The lowest BCUT2D eigenvalue weighted by atomic mass is 9.76. The van der Waals surface area contributed by atoms with Gasteiger partial charge in [0, 0.05) is 0 Å². The van der Waals surface area contributed by atoms with E-state index in [0.29, 0.717) is 0 Å². The van der Waals surface area contributed by atoms with Crippen LogP contribution in [0.4, 0.5) is 0 Å². The largest absolute Gasteiger partial charge is 0.492 e. The first-order chi connectivity index (χ1) is 6.24. The lowest BCUT2D eigenvalue weighted by Gasteiger charge is -2.05. The number of aliphatic hydroxyl groups is 1. The molecule has 0 saturated carbocycles. The molecule has 1 aromatic carbocycles. The number of rotatable bonds is 1. The van der Waals surface area contributed by atoms with Crippen molar-refractivity contribution >= 4 is 12.6 Å². The van der Waals surface area contributed by atoms with Crippen LogP contribution in [-0.2, 0) is 11.3 Å². The van der Waals surface area contributed by atoms with Crippen molar-refractivity contribution in [3.8, 4) is 0 Å². The van der Waals surface area contributed by atoms with Gasteiger partial charge in [-0.15, -0.1) is 0 Å². The van der Waals surface area contributed by atoms with Gasteiger partial charge in [-0.3, -0.25) is 0 Å². The molecule has 1 atom stereocenters. The number of benzene rings is 1. The van der Waals surface area contributed by atoms with Gasteiger partial charge in [-0.2, -0.15) is 0 Å². The third-order valence-corrected chi connectivity index (χ3v) is 2.42. The predicted octanol–water partition coefficient (Wildman–Crippen LogP) is -0.0424. The predicted molar refractivity (Wildman–Crippen MR) is 49.5 cm³/mol. The summed E-state index contributed by atoms with van der Waals surface area (Å²) in [5.41, 5.74) is 2.45. The summed E-state index contributed by atoms with van der Waals surface area (Å²) in [6.07, 6.45) is -0.0866. The minimum Gasteiger partial charge on any atom is -0.423 e. The van der Waals surface area contributed by atoms with Crippen molar-refractivity contribution in [1.82, 2.24) is 0 Å². The van der Waals surface area contributed by atoms with E-state index >= 15 is 0 Å². The Kier molecular flexibility index (Phi) is 2.11. The molecule has 0 saturated heterocycles. The first kappa shape index (κ1) is 8.75. The summed E-state index contributed by atoms with van der Waals surface area (Å²) in [6, 6.07) is 5.57. The number of hydrogen-bond donors (Lipinski definition) is 2. The van der Waals surface area contributed by atoms with E-state index in [9.17, 15) is 5.02 Å². The molecule has 1 unspecified atom stereocenters. The van der Waals surface area contributed by atoms with Crippen LogP contribution in [0.2, 0.25) is 0 Å². The molecule has 0 fully saturated rings. The molecule has 3 nitrogen and oxygen atoms in total. The molecule has 0 aliphatic carbocycles. The molecule has 0 spiro atoms. The molecule has 1 aliphatic heterocycles. The minimum absolute atomic E-state index is 0.0592. The molecule has 4 heteroatoms. The summed E-state index contributed by atoms with van der Waals surface area (Å²) in [6.45, 7) is 1.83. The highest BCUT2D eigenvalue weighted by atomic mass is 16.5. The second kappa shape index (κ2) is 3.14. The zero-order valence-corrected chi connectivity index (χ0v) is 7.40. The Morgan fingerprint density at radius 2 is 2.31 bits per heavy atom. The number of fused-ring (bicyclic) bond motifs is 1. The Morgan fingerprint density at radius 3 is 3.00 bits per heavy atom. The molecule has 0 aromatic heterocycles. The van der Waals surface area contributed by atoms with E-state index in [1.807, 2.05) is 19.1 Å². The number of hydrogen-bond acceptors (Lipinski definition) is 3. The topological polar surface area (TPSA) is 49.7 Å². The van der Waals surface area contributed by atoms with Crippen LogP contribution in [0.15, 0.2) is 18.2 Å². The van der Waals surface area contributed by atoms with Gasteiger partial charge >= 0.3 is 7.12 Å². The third-order valence-electron chi connectivity index (χ3n) is 2.42. The molecule has 2 N–H and O–H groups in total. The van der Waals surface area contributed by atoms with Crippen LogP contribution in [0.1, 0.15) is 24.2 Å². The maximum Gasteiger partial charge on any atom is 0.492 e. The van der Waals surface area contributed by atoms with Crippen molar-refractivity contribution in [3.63, 3.8) is 0 Å². The van der Waals surface area contributed by atoms with Gasteiger partial charge in [0.2, 0.25) is 0 Å². The van der Waals surface area contributed by atoms with Crippen LogP contribution < -0.4 is 5.46 Å². The Balaban J connectivity index is 2.55. The third kappa shape index (κ3) is 1.27. The normalized spacial score (nSPS) is 20.5. The molecule has 68 valence electrons. The zero-order chi connectivity index (χ0) is 9.42. The summed E-state index contributed by atoms with van der Waals surface area (Å²) < 4.78 is 5.22. The van der Waals surface area contributed by atoms with Crippen molar-refractivity contribution in [2.24, 2.45) is 0 Å². The van der Waals surface area contributed by atoms with E-state index in [0.717, 1.165) is 16.6 Å². The highest BCUT2D eigenvalue weighted by Crippen LogP contribution is 2.23. The fourth-order valence-electron chi connectivity index (χ4n) is 1.76. The summed E-state index contributed by atoms with van der Waals surface area (Å²) >= 11 is 0. The standard InChI is InChI=1S/C9H11BO3/c1-6-8-4-2-3-7(5-11)9(8)10(12)13-6/h2-4,6,11-12H,5H2,1H3. The van der Waals surface area contributed by atoms with Gasteiger partial charge in [-0.25, -0.2) is 0 Å². The second-order valence-electron chi connectivity index (χ2n) is 3.21.